The number of aliphatic carboxylic acids is 1. The second-order valence-electron chi connectivity index (χ2n) is 6.08. The summed E-state index contributed by atoms with van der Waals surface area (Å²) in [6, 6.07) is 0.296. The summed E-state index contributed by atoms with van der Waals surface area (Å²) >= 11 is 0. The lowest BCUT2D eigenvalue weighted by atomic mass is 9.93. The first-order chi connectivity index (χ1) is 7.70. The molecular formula is C13H25NO3. The average Bonchev–Trinajstić information content (AvgIpc) is 2.10. The highest BCUT2D eigenvalue weighted by atomic mass is 16.5. The number of carboxylic acids is 1. The predicted molar refractivity (Wildman–Crippen MR) is 67.1 cm³/mol. The van der Waals surface area contributed by atoms with Gasteiger partial charge in [0.1, 0.15) is 0 Å². The molecule has 100 valence electrons. The zero-order chi connectivity index (χ0) is 13.2. The number of hydrogen-bond donors (Lipinski definition) is 1. The molecule has 4 nitrogen and oxygen atoms in total. The molecule has 0 amide bonds. The van der Waals surface area contributed by atoms with Crippen LogP contribution >= 0.6 is 0 Å². The fraction of sp³-hybridized carbons (Fsp3) is 0.923. The molecule has 0 aromatic heterocycles. The summed E-state index contributed by atoms with van der Waals surface area (Å²) in [5.74, 6) is -0.758. The molecule has 1 N–H and O–H groups in total. The third-order valence-corrected chi connectivity index (χ3v) is 3.28. The van der Waals surface area contributed by atoms with E-state index >= 15 is 0 Å². The Morgan fingerprint density at radius 1 is 1.29 bits per heavy atom. The molecule has 0 aliphatic carbocycles. The Hall–Kier alpha value is -0.610. The molecule has 1 saturated heterocycles. The molecule has 2 atom stereocenters. The van der Waals surface area contributed by atoms with Gasteiger partial charge >= 0.3 is 5.97 Å². The third kappa shape index (κ3) is 4.28. The molecule has 4 heteroatoms. The Morgan fingerprint density at radius 3 is 2.12 bits per heavy atom. The lowest BCUT2D eigenvalue weighted by Gasteiger charge is -2.45. The Kier molecular flexibility index (Phi) is 4.55. The van der Waals surface area contributed by atoms with Crippen LogP contribution < -0.4 is 0 Å². The number of nitrogens with zero attached hydrogens (tertiary/aromatic N) is 1. The zero-order valence-electron chi connectivity index (χ0n) is 11.6. The Labute approximate surface area is 104 Å². The molecule has 1 aliphatic rings. The van der Waals surface area contributed by atoms with Crippen LogP contribution in [0.4, 0.5) is 0 Å². The van der Waals surface area contributed by atoms with Gasteiger partial charge in [0.25, 0.3) is 0 Å². The first kappa shape index (κ1) is 14.5. The Morgan fingerprint density at radius 2 is 1.76 bits per heavy atom. The van der Waals surface area contributed by atoms with Crippen LogP contribution in [-0.4, -0.2) is 46.3 Å². The van der Waals surface area contributed by atoms with Crippen molar-refractivity contribution in [2.24, 2.45) is 0 Å². The Balaban J connectivity index is 2.78. The van der Waals surface area contributed by atoms with Crippen molar-refractivity contribution in [3.8, 4) is 0 Å². The molecule has 0 aromatic rings. The minimum Gasteiger partial charge on any atom is -0.480 e. The summed E-state index contributed by atoms with van der Waals surface area (Å²) in [7, 11) is 0. The molecule has 2 unspecified atom stereocenters. The van der Waals surface area contributed by atoms with Gasteiger partial charge in [-0.3, -0.25) is 9.69 Å². The van der Waals surface area contributed by atoms with E-state index in [2.05, 4.69) is 39.5 Å². The summed E-state index contributed by atoms with van der Waals surface area (Å²) in [6.45, 7) is 10.4. The molecule has 1 rings (SSSR count). The van der Waals surface area contributed by atoms with E-state index in [1.165, 1.54) is 0 Å². The van der Waals surface area contributed by atoms with Crippen molar-refractivity contribution in [3.63, 3.8) is 0 Å². The summed E-state index contributed by atoms with van der Waals surface area (Å²) in [5.41, 5.74) is -0.125. The van der Waals surface area contributed by atoms with Crippen LogP contribution in [0.5, 0.6) is 0 Å². The second kappa shape index (κ2) is 5.36. The van der Waals surface area contributed by atoms with Crippen LogP contribution in [0.2, 0.25) is 0 Å². The number of ether oxygens (including phenoxy) is 1. The van der Waals surface area contributed by atoms with E-state index in [-0.39, 0.29) is 24.3 Å². The van der Waals surface area contributed by atoms with Crippen molar-refractivity contribution in [2.75, 3.05) is 6.54 Å². The third-order valence-electron chi connectivity index (χ3n) is 3.28. The van der Waals surface area contributed by atoms with E-state index in [0.29, 0.717) is 6.04 Å². The van der Waals surface area contributed by atoms with Gasteiger partial charge in [-0.05, 0) is 47.5 Å². The van der Waals surface area contributed by atoms with E-state index in [0.717, 1.165) is 12.8 Å². The molecule has 0 radical (unpaired) electrons. The zero-order valence-corrected chi connectivity index (χ0v) is 11.6. The van der Waals surface area contributed by atoms with E-state index in [9.17, 15) is 4.79 Å². The number of carboxylic acid groups (broad SMARTS) is 1. The predicted octanol–water partition coefficient (Wildman–Crippen LogP) is 2.13. The maximum atomic E-state index is 11.0. The molecule has 0 aromatic carbocycles. The van der Waals surface area contributed by atoms with Gasteiger partial charge in [0, 0.05) is 11.6 Å². The van der Waals surface area contributed by atoms with Crippen molar-refractivity contribution in [2.45, 2.75) is 71.2 Å². The molecule has 17 heavy (non-hydrogen) atoms. The first-order valence-electron chi connectivity index (χ1n) is 6.34. The van der Waals surface area contributed by atoms with E-state index in [1.54, 1.807) is 0 Å². The minimum atomic E-state index is -0.758. The highest BCUT2D eigenvalue weighted by Crippen LogP contribution is 2.28. The van der Waals surface area contributed by atoms with E-state index in [4.69, 9.17) is 9.84 Å². The van der Waals surface area contributed by atoms with Crippen molar-refractivity contribution >= 4 is 5.97 Å². The SMILES string of the molecule is CC1CC(N(CC(=O)O)C(C)(C)C)CC(C)O1. The first-order valence-corrected chi connectivity index (χ1v) is 6.34. The molecule has 0 bridgehead atoms. The minimum absolute atomic E-state index is 0.105. The highest BCUT2D eigenvalue weighted by Gasteiger charge is 2.35. The molecular weight excluding hydrogens is 218 g/mol. The lowest BCUT2D eigenvalue weighted by Crippen LogP contribution is -2.54. The van der Waals surface area contributed by atoms with Gasteiger partial charge in [0.15, 0.2) is 0 Å². The normalized spacial score (nSPS) is 30.6. The van der Waals surface area contributed by atoms with Crippen LogP contribution in [0.15, 0.2) is 0 Å². The van der Waals surface area contributed by atoms with Crippen LogP contribution in [-0.2, 0) is 9.53 Å². The number of hydrogen-bond acceptors (Lipinski definition) is 3. The second-order valence-corrected chi connectivity index (χ2v) is 6.08. The molecule has 1 heterocycles. The van der Waals surface area contributed by atoms with Gasteiger partial charge in [-0.1, -0.05) is 0 Å². The van der Waals surface area contributed by atoms with Gasteiger partial charge in [-0.15, -0.1) is 0 Å². The van der Waals surface area contributed by atoms with Crippen molar-refractivity contribution in [1.29, 1.82) is 0 Å². The summed E-state index contributed by atoms with van der Waals surface area (Å²) in [4.78, 5) is 13.1. The van der Waals surface area contributed by atoms with Crippen LogP contribution in [0, 0.1) is 0 Å². The van der Waals surface area contributed by atoms with E-state index < -0.39 is 5.97 Å². The lowest BCUT2D eigenvalue weighted by molar-refractivity contribution is -0.143. The highest BCUT2D eigenvalue weighted by molar-refractivity contribution is 5.69. The van der Waals surface area contributed by atoms with Crippen LogP contribution in [0.25, 0.3) is 0 Å². The molecule has 1 aliphatic heterocycles. The van der Waals surface area contributed by atoms with E-state index in [1.807, 2.05) is 0 Å². The maximum Gasteiger partial charge on any atom is 0.317 e. The van der Waals surface area contributed by atoms with Gasteiger partial charge in [0.2, 0.25) is 0 Å². The molecule has 0 spiro atoms. The van der Waals surface area contributed by atoms with Gasteiger partial charge in [-0.25, -0.2) is 0 Å². The summed E-state index contributed by atoms with van der Waals surface area (Å²) in [5, 5.41) is 9.04. The topological polar surface area (TPSA) is 49.8 Å². The van der Waals surface area contributed by atoms with Crippen molar-refractivity contribution in [1.82, 2.24) is 4.90 Å². The summed E-state index contributed by atoms with van der Waals surface area (Å²) < 4.78 is 5.71. The van der Waals surface area contributed by atoms with Gasteiger partial charge < -0.3 is 9.84 Å². The fourth-order valence-corrected chi connectivity index (χ4v) is 2.68. The fourth-order valence-electron chi connectivity index (χ4n) is 2.68. The quantitative estimate of drug-likeness (QED) is 0.825. The van der Waals surface area contributed by atoms with Gasteiger partial charge in [-0.2, -0.15) is 0 Å². The van der Waals surface area contributed by atoms with Crippen LogP contribution in [0.1, 0.15) is 47.5 Å². The monoisotopic (exact) mass is 243 g/mol. The van der Waals surface area contributed by atoms with Crippen molar-refractivity contribution < 1.29 is 14.6 Å². The molecule has 1 fully saturated rings. The van der Waals surface area contributed by atoms with Crippen molar-refractivity contribution in [3.05, 3.63) is 0 Å². The molecule has 0 saturated carbocycles. The summed E-state index contributed by atoms with van der Waals surface area (Å²) in [6.07, 6.45) is 2.24. The number of carbonyl (C=O) groups is 1. The average molecular weight is 243 g/mol. The smallest absolute Gasteiger partial charge is 0.317 e. The Bertz CT molecular complexity index is 262. The maximum absolute atomic E-state index is 11.0. The van der Waals surface area contributed by atoms with Gasteiger partial charge in [0.05, 0.1) is 18.8 Å². The van der Waals surface area contributed by atoms with Crippen LogP contribution in [0.3, 0.4) is 0 Å². The number of rotatable bonds is 3. The standard InChI is InChI=1S/C13H25NO3/c1-9-6-11(7-10(2)17-9)14(8-12(15)16)13(3,4)5/h9-11H,6-8H2,1-5H3,(H,15,16). The largest absolute Gasteiger partial charge is 0.480 e.